The van der Waals surface area contributed by atoms with Crippen molar-refractivity contribution in [1.82, 2.24) is 5.32 Å². The van der Waals surface area contributed by atoms with Crippen LogP contribution in [0.3, 0.4) is 0 Å². The summed E-state index contributed by atoms with van der Waals surface area (Å²) in [4.78, 5) is 10.7. The molecule has 3 N–H and O–H groups in total. The molecule has 0 radical (unpaired) electrons. The molecule has 0 saturated heterocycles. The first kappa shape index (κ1) is 12.0. The molecule has 0 spiro atoms. The molecule has 1 amide bonds. The fourth-order valence-corrected chi connectivity index (χ4v) is 1.31. The standard InChI is InChI=1S/C11H15ClN2O/c1-8(11(13)15)14-7-6-9-2-4-10(12)5-3-9/h2-5,8,14H,6-7H2,1H3,(H2,13,15). The van der Waals surface area contributed by atoms with Gasteiger partial charge in [0.1, 0.15) is 0 Å². The molecule has 1 atom stereocenters. The average Bonchev–Trinajstić information content (AvgIpc) is 2.20. The van der Waals surface area contributed by atoms with Crippen molar-refractivity contribution in [2.75, 3.05) is 6.54 Å². The van der Waals surface area contributed by atoms with Gasteiger partial charge < -0.3 is 11.1 Å². The van der Waals surface area contributed by atoms with E-state index in [0.29, 0.717) is 0 Å². The number of halogens is 1. The molecule has 1 unspecified atom stereocenters. The molecule has 0 heterocycles. The predicted molar refractivity (Wildman–Crippen MR) is 61.8 cm³/mol. The fraction of sp³-hybridized carbons (Fsp3) is 0.364. The van der Waals surface area contributed by atoms with Crippen molar-refractivity contribution < 1.29 is 4.79 Å². The Morgan fingerprint density at radius 1 is 1.47 bits per heavy atom. The highest BCUT2D eigenvalue weighted by Gasteiger charge is 2.06. The normalized spacial score (nSPS) is 12.4. The Balaban J connectivity index is 2.32. The quantitative estimate of drug-likeness (QED) is 0.796. The van der Waals surface area contributed by atoms with E-state index in [4.69, 9.17) is 17.3 Å². The molecule has 15 heavy (non-hydrogen) atoms. The Kier molecular flexibility index (Phi) is 4.59. The molecule has 1 aromatic rings. The van der Waals surface area contributed by atoms with Crippen LogP contribution in [0, 0.1) is 0 Å². The van der Waals surface area contributed by atoms with Gasteiger partial charge in [0.25, 0.3) is 0 Å². The molecule has 0 aliphatic heterocycles. The first-order chi connectivity index (χ1) is 7.09. The van der Waals surface area contributed by atoms with Crippen LogP contribution in [0.5, 0.6) is 0 Å². The Morgan fingerprint density at radius 2 is 2.07 bits per heavy atom. The highest BCUT2D eigenvalue weighted by Crippen LogP contribution is 2.09. The lowest BCUT2D eigenvalue weighted by Crippen LogP contribution is -2.39. The maximum Gasteiger partial charge on any atom is 0.234 e. The zero-order chi connectivity index (χ0) is 11.3. The van der Waals surface area contributed by atoms with Gasteiger partial charge in [0.2, 0.25) is 5.91 Å². The average molecular weight is 227 g/mol. The molecular weight excluding hydrogens is 212 g/mol. The molecule has 82 valence electrons. The zero-order valence-electron chi connectivity index (χ0n) is 8.66. The minimum Gasteiger partial charge on any atom is -0.368 e. The molecule has 0 aromatic heterocycles. The van der Waals surface area contributed by atoms with Crippen LogP contribution in [0.2, 0.25) is 5.02 Å². The minimum absolute atomic E-state index is 0.280. The van der Waals surface area contributed by atoms with E-state index >= 15 is 0 Å². The largest absolute Gasteiger partial charge is 0.368 e. The molecular formula is C11H15ClN2O. The summed E-state index contributed by atoms with van der Waals surface area (Å²) in [5.41, 5.74) is 6.30. The van der Waals surface area contributed by atoms with Crippen LogP contribution in [0.25, 0.3) is 0 Å². The van der Waals surface area contributed by atoms with Gasteiger partial charge in [-0.1, -0.05) is 23.7 Å². The summed E-state index contributed by atoms with van der Waals surface area (Å²) >= 11 is 5.76. The van der Waals surface area contributed by atoms with Gasteiger partial charge >= 0.3 is 0 Å². The van der Waals surface area contributed by atoms with Gasteiger partial charge in [0.05, 0.1) is 6.04 Å². The van der Waals surface area contributed by atoms with Gasteiger partial charge in [-0.3, -0.25) is 4.79 Å². The van der Waals surface area contributed by atoms with Crippen LogP contribution in [-0.2, 0) is 11.2 Å². The lowest BCUT2D eigenvalue weighted by atomic mass is 10.1. The van der Waals surface area contributed by atoms with Crippen LogP contribution in [-0.4, -0.2) is 18.5 Å². The highest BCUT2D eigenvalue weighted by atomic mass is 35.5. The predicted octanol–water partition coefficient (Wildman–Crippen LogP) is 1.35. The van der Waals surface area contributed by atoms with Crippen LogP contribution < -0.4 is 11.1 Å². The van der Waals surface area contributed by atoms with Crippen molar-refractivity contribution in [1.29, 1.82) is 0 Å². The van der Waals surface area contributed by atoms with E-state index in [1.807, 2.05) is 24.3 Å². The maximum absolute atomic E-state index is 10.7. The molecule has 0 aliphatic carbocycles. The smallest absolute Gasteiger partial charge is 0.234 e. The second-order valence-electron chi connectivity index (χ2n) is 3.45. The number of primary amides is 1. The van der Waals surface area contributed by atoms with E-state index in [1.165, 1.54) is 5.56 Å². The first-order valence-corrected chi connectivity index (χ1v) is 5.24. The van der Waals surface area contributed by atoms with Crippen LogP contribution in [0.4, 0.5) is 0 Å². The number of nitrogens with one attached hydrogen (secondary N) is 1. The minimum atomic E-state index is -0.328. The molecule has 0 bridgehead atoms. The molecule has 0 aliphatic rings. The Hall–Kier alpha value is -1.06. The van der Waals surface area contributed by atoms with Gasteiger partial charge in [0, 0.05) is 5.02 Å². The summed E-state index contributed by atoms with van der Waals surface area (Å²) < 4.78 is 0. The molecule has 1 aromatic carbocycles. The third kappa shape index (κ3) is 4.32. The number of amides is 1. The second kappa shape index (κ2) is 5.73. The molecule has 0 fully saturated rings. The van der Waals surface area contributed by atoms with Crippen LogP contribution >= 0.6 is 11.6 Å². The molecule has 3 nitrogen and oxygen atoms in total. The Bertz CT molecular complexity index is 324. The zero-order valence-corrected chi connectivity index (χ0v) is 9.42. The Morgan fingerprint density at radius 3 is 2.60 bits per heavy atom. The van der Waals surface area contributed by atoms with Crippen molar-refractivity contribution >= 4 is 17.5 Å². The summed E-state index contributed by atoms with van der Waals surface area (Å²) in [6, 6.07) is 7.37. The van der Waals surface area contributed by atoms with E-state index in [-0.39, 0.29) is 11.9 Å². The number of hydrogen-bond donors (Lipinski definition) is 2. The Labute approximate surface area is 94.6 Å². The third-order valence-electron chi connectivity index (χ3n) is 2.20. The number of carbonyl (C=O) groups excluding carboxylic acids is 1. The number of carbonyl (C=O) groups is 1. The second-order valence-corrected chi connectivity index (χ2v) is 3.89. The monoisotopic (exact) mass is 226 g/mol. The van der Waals surface area contributed by atoms with E-state index in [1.54, 1.807) is 6.92 Å². The molecule has 0 saturated carbocycles. The van der Waals surface area contributed by atoms with Crippen molar-refractivity contribution in [2.24, 2.45) is 5.73 Å². The van der Waals surface area contributed by atoms with Crippen molar-refractivity contribution in [3.8, 4) is 0 Å². The van der Waals surface area contributed by atoms with Gasteiger partial charge in [-0.2, -0.15) is 0 Å². The summed E-state index contributed by atoms with van der Waals surface area (Å²) in [7, 11) is 0. The molecule has 4 heteroatoms. The topological polar surface area (TPSA) is 55.1 Å². The first-order valence-electron chi connectivity index (χ1n) is 4.86. The van der Waals surface area contributed by atoms with Crippen LogP contribution in [0.1, 0.15) is 12.5 Å². The van der Waals surface area contributed by atoms with E-state index < -0.39 is 0 Å². The van der Waals surface area contributed by atoms with E-state index in [9.17, 15) is 4.79 Å². The number of nitrogens with two attached hydrogens (primary N) is 1. The number of hydrogen-bond acceptors (Lipinski definition) is 2. The van der Waals surface area contributed by atoms with E-state index in [2.05, 4.69) is 5.32 Å². The van der Waals surface area contributed by atoms with Gasteiger partial charge in [0.15, 0.2) is 0 Å². The lowest BCUT2D eigenvalue weighted by Gasteiger charge is -2.09. The highest BCUT2D eigenvalue weighted by molar-refractivity contribution is 6.30. The number of rotatable bonds is 5. The maximum atomic E-state index is 10.7. The van der Waals surface area contributed by atoms with Gasteiger partial charge in [-0.05, 0) is 37.6 Å². The van der Waals surface area contributed by atoms with Crippen LogP contribution in [0.15, 0.2) is 24.3 Å². The van der Waals surface area contributed by atoms with E-state index in [0.717, 1.165) is 18.0 Å². The van der Waals surface area contributed by atoms with Crippen molar-refractivity contribution in [2.45, 2.75) is 19.4 Å². The molecule has 1 rings (SSSR count). The van der Waals surface area contributed by atoms with Gasteiger partial charge in [-0.15, -0.1) is 0 Å². The summed E-state index contributed by atoms with van der Waals surface area (Å²) in [5, 5.41) is 3.77. The summed E-state index contributed by atoms with van der Waals surface area (Å²) in [6.07, 6.45) is 0.856. The summed E-state index contributed by atoms with van der Waals surface area (Å²) in [5.74, 6) is -0.328. The SMILES string of the molecule is CC(NCCc1ccc(Cl)cc1)C(N)=O. The van der Waals surface area contributed by atoms with Crippen molar-refractivity contribution in [3.05, 3.63) is 34.9 Å². The number of benzene rings is 1. The third-order valence-corrected chi connectivity index (χ3v) is 2.46. The fourth-order valence-electron chi connectivity index (χ4n) is 1.18. The van der Waals surface area contributed by atoms with Crippen molar-refractivity contribution in [3.63, 3.8) is 0 Å². The lowest BCUT2D eigenvalue weighted by molar-refractivity contribution is -0.119. The van der Waals surface area contributed by atoms with Gasteiger partial charge in [-0.25, -0.2) is 0 Å². The summed E-state index contributed by atoms with van der Waals surface area (Å²) in [6.45, 7) is 2.48.